The van der Waals surface area contributed by atoms with Crippen molar-refractivity contribution >= 4 is 5.97 Å². The van der Waals surface area contributed by atoms with Crippen LogP contribution in [0.1, 0.15) is 47.9 Å². The van der Waals surface area contributed by atoms with E-state index in [1.165, 1.54) is 11.1 Å². The van der Waals surface area contributed by atoms with E-state index in [0.717, 1.165) is 28.2 Å². The number of ether oxygens (including phenoxy) is 3. The molecule has 0 aromatic heterocycles. The van der Waals surface area contributed by atoms with Crippen LogP contribution in [0.5, 0.6) is 11.5 Å². The average Bonchev–Trinajstić information content (AvgIpc) is 2.92. The summed E-state index contributed by atoms with van der Waals surface area (Å²) in [5.74, 6) is 1.27. The second-order valence-electron chi connectivity index (χ2n) is 8.52. The molecule has 2 bridgehead atoms. The molecule has 0 amide bonds. The molecule has 4 heteroatoms. The zero-order valence-corrected chi connectivity index (χ0v) is 19.5. The SMILES string of the molecule is C=C(C)C(=O)OCCCC12C(=C)/C=C\C=C/C(c3ccccc31)c1c(OC)ccc(OC)c12. The Kier molecular flexibility index (Phi) is 6.28. The monoisotopic (exact) mass is 442 g/mol. The van der Waals surface area contributed by atoms with Crippen molar-refractivity contribution in [2.45, 2.75) is 31.1 Å². The summed E-state index contributed by atoms with van der Waals surface area (Å²) in [6, 6.07) is 12.5. The highest BCUT2D eigenvalue weighted by Crippen LogP contribution is 2.58. The van der Waals surface area contributed by atoms with E-state index in [1.807, 2.05) is 18.2 Å². The Morgan fingerprint density at radius 1 is 1.06 bits per heavy atom. The van der Waals surface area contributed by atoms with Crippen LogP contribution < -0.4 is 9.47 Å². The van der Waals surface area contributed by atoms with Crippen LogP contribution in [0, 0.1) is 0 Å². The van der Waals surface area contributed by atoms with Gasteiger partial charge >= 0.3 is 5.97 Å². The zero-order chi connectivity index (χ0) is 23.6. The molecule has 2 aliphatic rings. The minimum absolute atomic E-state index is 0.0196. The van der Waals surface area contributed by atoms with Gasteiger partial charge in [0.05, 0.1) is 20.8 Å². The third kappa shape index (κ3) is 3.70. The maximum absolute atomic E-state index is 11.9. The lowest BCUT2D eigenvalue weighted by molar-refractivity contribution is -0.139. The maximum atomic E-state index is 11.9. The van der Waals surface area contributed by atoms with E-state index in [0.29, 0.717) is 25.0 Å². The van der Waals surface area contributed by atoms with Gasteiger partial charge in [-0.1, -0.05) is 61.7 Å². The lowest BCUT2D eigenvalue weighted by Gasteiger charge is -2.45. The molecule has 4 nitrogen and oxygen atoms in total. The van der Waals surface area contributed by atoms with Gasteiger partial charge in [0.25, 0.3) is 0 Å². The molecule has 0 saturated heterocycles. The van der Waals surface area contributed by atoms with Gasteiger partial charge in [-0.3, -0.25) is 0 Å². The fraction of sp³-hybridized carbons (Fsp3) is 0.276. The van der Waals surface area contributed by atoms with Crippen LogP contribution in [-0.2, 0) is 14.9 Å². The van der Waals surface area contributed by atoms with E-state index in [9.17, 15) is 4.79 Å². The summed E-state index contributed by atoms with van der Waals surface area (Å²) in [6.45, 7) is 10.2. The normalized spacial score (nSPS) is 22.2. The molecule has 2 aromatic rings. The molecule has 2 atom stereocenters. The van der Waals surface area contributed by atoms with Crippen molar-refractivity contribution in [1.82, 2.24) is 0 Å². The lowest BCUT2D eigenvalue weighted by Crippen LogP contribution is -2.37. The predicted octanol–water partition coefficient (Wildman–Crippen LogP) is 6.02. The number of rotatable bonds is 7. The lowest BCUT2D eigenvalue weighted by atomic mass is 9.58. The number of hydrogen-bond acceptors (Lipinski definition) is 4. The van der Waals surface area contributed by atoms with Crippen molar-refractivity contribution in [3.05, 3.63) is 107 Å². The zero-order valence-electron chi connectivity index (χ0n) is 19.5. The number of carbonyl (C=O) groups excluding carboxylic acids is 1. The van der Waals surface area contributed by atoms with Crippen molar-refractivity contribution in [1.29, 1.82) is 0 Å². The van der Waals surface area contributed by atoms with E-state index in [1.54, 1.807) is 21.1 Å². The number of allylic oxidation sites excluding steroid dienone is 5. The minimum atomic E-state index is -0.555. The highest BCUT2D eigenvalue weighted by atomic mass is 16.5. The van der Waals surface area contributed by atoms with Crippen molar-refractivity contribution in [2.75, 3.05) is 20.8 Å². The van der Waals surface area contributed by atoms with Crippen LogP contribution in [0.4, 0.5) is 0 Å². The van der Waals surface area contributed by atoms with Gasteiger partial charge in [-0.15, -0.1) is 0 Å². The van der Waals surface area contributed by atoms with Gasteiger partial charge in [-0.05, 0) is 48.6 Å². The van der Waals surface area contributed by atoms with Gasteiger partial charge < -0.3 is 14.2 Å². The number of hydrogen-bond donors (Lipinski definition) is 0. The Morgan fingerprint density at radius 2 is 1.79 bits per heavy atom. The van der Waals surface area contributed by atoms with Crippen molar-refractivity contribution in [3.8, 4) is 11.5 Å². The largest absolute Gasteiger partial charge is 0.496 e. The van der Waals surface area contributed by atoms with Crippen LogP contribution >= 0.6 is 0 Å². The molecule has 0 aliphatic heterocycles. The van der Waals surface area contributed by atoms with E-state index in [-0.39, 0.29) is 11.9 Å². The third-order valence-corrected chi connectivity index (χ3v) is 6.64. The smallest absolute Gasteiger partial charge is 0.333 e. The first-order valence-electron chi connectivity index (χ1n) is 11.2. The fourth-order valence-corrected chi connectivity index (χ4v) is 5.19. The number of methoxy groups -OCH3 is 2. The van der Waals surface area contributed by atoms with E-state index >= 15 is 0 Å². The first-order valence-corrected chi connectivity index (χ1v) is 11.2. The molecule has 0 heterocycles. The summed E-state index contributed by atoms with van der Waals surface area (Å²) in [5, 5.41) is 0. The summed E-state index contributed by atoms with van der Waals surface area (Å²) in [5.41, 5.74) is 5.38. The molecule has 2 aromatic carbocycles. The Morgan fingerprint density at radius 3 is 2.52 bits per heavy atom. The second kappa shape index (κ2) is 9.14. The first kappa shape index (κ1) is 22.7. The van der Waals surface area contributed by atoms with Crippen LogP contribution in [0.15, 0.2) is 85.0 Å². The van der Waals surface area contributed by atoms with Gasteiger partial charge in [0.15, 0.2) is 0 Å². The van der Waals surface area contributed by atoms with Crippen LogP contribution in [0.2, 0.25) is 0 Å². The Bertz CT molecular complexity index is 1170. The second-order valence-corrected chi connectivity index (χ2v) is 8.52. The number of benzene rings is 2. The first-order chi connectivity index (χ1) is 16.0. The molecular weight excluding hydrogens is 412 g/mol. The Balaban J connectivity index is 1.95. The standard InChI is InChI=1S/C29H30O4/c1-19(2)28(30)33-18-10-17-29-20(3)11-6-7-13-22(21-12-8-9-14-23(21)29)26-24(31-4)15-16-25(32-5)27(26)29/h6-9,11-16,22H,1,3,10,17-18H2,2,4-5H3/b11-6-,13-7-. The molecule has 0 saturated carbocycles. The van der Waals surface area contributed by atoms with Gasteiger partial charge in [0, 0.05) is 28.0 Å². The molecule has 0 spiro atoms. The maximum Gasteiger partial charge on any atom is 0.333 e. The highest BCUT2D eigenvalue weighted by Gasteiger charge is 2.47. The molecule has 2 aliphatic carbocycles. The Labute approximate surface area is 195 Å². The summed E-state index contributed by atoms with van der Waals surface area (Å²) in [4.78, 5) is 11.9. The van der Waals surface area contributed by atoms with E-state index < -0.39 is 5.41 Å². The number of fused-ring (bicyclic) bond motifs is 3. The summed E-state index contributed by atoms with van der Waals surface area (Å²) in [7, 11) is 3.40. The molecule has 4 rings (SSSR count). The van der Waals surface area contributed by atoms with Crippen molar-refractivity contribution < 1.29 is 19.0 Å². The van der Waals surface area contributed by atoms with Crippen LogP contribution in [-0.4, -0.2) is 26.8 Å². The summed E-state index contributed by atoms with van der Waals surface area (Å²) < 4.78 is 17.2. The molecule has 0 fully saturated rings. The molecular formula is C29H30O4. The minimum Gasteiger partial charge on any atom is -0.496 e. The van der Waals surface area contributed by atoms with Gasteiger partial charge in [0.1, 0.15) is 11.5 Å². The summed E-state index contributed by atoms with van der Waals surface area (Å²) >= 11 is 0. The van der Waals surface area contributed by atoms with E-state index in [4.69, 9.17) is 14.2 Å². The Hall–Kier alpha value is -3.53. The van der Waals surface area contributed by atoms with Gasteiger partial charge in [-0.25, -0.2) is 4.79 Å². The van der Waals surface area contributed by atoms with Crippen molar-refractivity contribution in [2.24, 2.45) is 0 Å². The van der Waals surface area contributed by atoms with Crippen LogP contribution in [0.25, 0.3) is 0 Å². The molecule has 170 valence electrons. The topological polar surface area (TPSA) is 44.8 Å². The highest BCUT2D eigenvalue weighted by molar-refractivity contribution is 5.86. The number of esters is 1. The molecule has 33 heavy (non-hydrogen) atoms. The molecule has 0 radical (unpaired) electrons. The average molecular weight is 443 g/mol. The summed E-state index contributed by atoms with van der Waals surface area (Å²) in [6.07, 6.45) is 9.74. The molecule has 2 unspecified atom stereocenters. The quantitative estimate of drug-likeness (QED) is 0.299. The number of carbonyl (C=O) groups is 1. The molecule has 0 N–H and O–H groups in total. The third-order valence-electron chi connectivity index (χ3n) is 6.64. The van der Waals surface area contributed by atoms with Crippen molar-refractivity contribution in [3.63, 3.8) is 0 Å². The van der Waals surface area contributed by atoms with Gasteiger partial charge in [0.2, 0.25) is 0 Å². The van der Waals surface area contributed by atoms with Crippen LogP contribution in [0.3, 0.4) is 0 Å². The van der Waals surface area contributed by atoms with Gasteiger partial charge in [-0.2, -0.15) is 0 Å². The van der Waals surface area contributed by atoms with E-state index in [2.05, 4.69) is 55.7 Å². The fourth-order valence-electron chi connectivity index (χ4n) is 5.19. The predicted molar refractivity (Wildman–Crippen MR) is 131 cm³/mol.